The summed E-state index contributed by atoms with van der Waals surface area (Å²) in [5.74, 6) is -0.413. The molecule has 9 heteroatoms. The van der Waals surface area contributed by atoms with Crippen molar-refractivity contribution in [2.45, 2.75) is 6.54 Å². The van der Waals surface area contributed by atoms with E-state index in [9.17, 15) is 13.2 Å². The van der Waals surface area contributed by atoms with Crippen molar-refractivity contribution >= 4 is 32.5 Å². The molecule has 2 heterocycles. The molecule has 0 saturated heterocycles. The normalized spacial score (nSPS) is 12.1. The third-order valence-corrected chi connectivity index (χ3v) is 4.64. The van der Waals surface area contributed by atoms with Crippen LogP contribution >= 0.6 is 11.3 Å². The lowest BCUT2D eigenvalue weighted by Gasteiger charge is -1.98. The third-order valence-electron chi connectivity index (χ3n) is 3.13. The van der Waals surface area contributed by atoms with Crippen LogP contribution in [-0.2, 0) is 23.6 Å². The van der Waals surface area contributed by atoms with Gasteiger partial charge in [0.05, 0.1) is 24.0 Å². The second-order valence-corrected chi connectivity index (χ2v) is 7.60. The van der Waals surface area contributed by atoms with Gasteiger partial charge in [0, 0.05) is 18.0 Å². The van der Waals surface area contributed by atoms with Crippen LogP contribution in [0.5, 0.6) is 0 Å². The fraction of sp³-hybridized carbons (Fsp3) is 0.231. The molecule has 0 fully saturated rings. The average molecular weight is 339 g/mol. The van der Waals surface area contributed by atoms with E-state index in [-0.39, 0.29) is 6.54 Å². The number of nitrogens with zero attached hydrogens (tertiary/aromatic N) is 2. The van der Waals surface area contributed by atoms with Crippen molar-refractivity contribution < 1.29 is 12.8 Å². The number of benzene rings is 1. The molecule has 0 unspecified atom stereocenters. The van der Waals surface area contributed by atoms with E-state index in [1.807, 2.05) is 11.4 Å². The molecule has 3 aromatic rings. The fourth-order valence-corrected chi connectivity index (χ4v) is 3.24. The average Bonchev–Trinajstić information content (AvgIpc) is 3.02. The maximum absolute atomic E-state index is 11.5. The fourth-order valence-electron chi connectivity index (χ4n) is 2.01. The molecule has 1 aromatic carbocycles. The van der Waals surface area contributed by atoms with Crippen LogP contribution in [0.1, 0.15) is 5.01 Å². The van der Waals surface area contributed by atoms with E-state index in [2.05, 4.69) is 9.71 Å². The highest BCUT2D eigenvalue weighted by Gasteiger charge is 2.10. The molecule has 0 bridgehead atoms. The first-order chi connectivity index (χ1) is 10.3. The zero-order chi connectivity index (χ0) is 15.9. The Labute approximate surface area is 130 Å². The Morgan fingerprint density at radius 3 is 2.91 bits per heavy atom. The molecule has 7 nitrogen and oxygen atoms in total. The summed E-state index contributed by atoms with van der Waals surface area (Å²) in [4.78, 5) is 15.9. The van der Waals surface area contributed by atoms with Crippen molar-refractivity contribution in [2.75, 3.05) is 6.26 Å². The number of fused-ring (bicyclic) bond motifs is 1. The van der Waals surface area contributed by atoms with Crippen LogP contribution in [0.25, 0.3) is 22.4 Å². The molecule has 0 radical (unpaired) electrons. The summed E-state index contributed by atoms with van der Waals surface area (Å²) in [7, 11) is -1.60. The van der Waals surface area contributed by atoms with Crippen molar-refractivity contribution in [3.63, 3.8) is 0 Å². The van der Waals surface area contributed by atoms with Gasteiger partial charge in [-0.3, -0.25) is 4.57 Å². The van der Waals surface area contributed by atoms with Crippen LogP contribution in [0.3, 0.4) is 0 Å². The number of nitrogens with one attached hydrogen (secondary N) is 1. The standard InChI is InChI=1S/C13H13N3O4S2/c1-16-10-4-3-8(5-11(10)20-13(16)17)9-7-21-12(15-9)6-14-22(2,18)19/h3-5,7,14H,6H2,1-2H3. The molecule has 1 N–H and O–H groups in total. The summed E-state index contributed by atoms with van der Waals surface area (Å²) >= 11 is 1.36. The van der Waals surface area contributed by atoms with E-state index in [0.29, 0.717) is 21.8 Å². The van der Waals surface area contributed by atoms with Gasteiger partial charge in [-0.05, 0) is 12.1 Å². The molecule has 0 atom stereocenters. The van der Waals surface area contributed by atoms with Crippen molar-refractivity contribution in [2.24, 2.45) is 7.05 Å². The quantitative estimate of drug-likeness (QED) is 0.773. The van der Waals surface area contributed by atoms with Gasteiger partial charge >= 0.3 is 5.76 Å². The highest BCUT2D eigenvalue weighted by Crippen LogP contribution is 2.25. The number of aryl methyl sites for hydroxylation is 1. The van der Waals surface area contributed by atoms with E-state index in [1.165, 1.54) is 15.9 Å². The minimum absolute atomic E-state index is 0.159. The number of aromatic nitrogens is 2. The van der Waals surface area contributed by atoms with Crippen LogP contribution in [0, 0.1) is 0 Å². The van der Waals surface area contributed by atoms with Crippen molar-refractivity contribution in [1.82, 2.24) is 14.3 Å². The van der Waals surface area contributed by atoms with E-state index < -0.39 is 15.8 Å². The lowest BCUT2D eigenvalue weighted by Crippen LogP contribution is -2.21. The minimum atomic E-state index is -3.24. The second kappa shape index (κ2) is 5.34. The first-order valence-corrected chi connectivity index (χ1v) is 9.09. The lowest BCUT2D eigenvalue weighted by molar-refractivity contribution is 0.528. The Kier molecular flexibility index (Phi) is 3.63. The molecule has 2 aromatic heterocycles. The Morgan fingerprint density at radius 1 is 1.41 bits per heavy atom. The maximum atomic E-state index is 11.5. The van der Waals surface area contributed by atoms with Crippen LogP contribution in [0.15, 0.2) is 32.8 Å². The molecular formula is C13H13N3O4S2. The van der Waals surface area contributed by atoms with Gasteiger partial charge < -0.3 is 4.42 Å². The first-order valence-electron chi connectivity index (χ1n) is 6.32. The van der Waals surface area contributed by atoms with Crippen molar-refractivity contribution in [3.8, 4) is 11.3 Å². The Bertz CT molecular complexity index is 998. The third kappa shape index (κ3) is 2.96. The predicted octanol–water partition coefficient (Wildman–Crippen LogP) is 1.30. The number of sulfonamides is 1. The van der Waals surface area contributed by atoms with Gasteiger partial charge in [-0.15, -0.1) is 11.3 Å². The van der Waals surface area contributed by atoms with Crippen LogP contribution in [0.2, 0.25) is 0 Å². The molecule has 0 spiro atoms. The van der Waals surface area contributed by atoms with Gasteiger partial charge in [0.15, 0.2) is 5.58 Å². The summed E-state index contributed by atoms with van der Waals surface area (Å²) in [6.07, 6.45) is 1.10. The van der Waals surface area contributed by atoms with Crippen molar-refractivity contribution in [3.05, 3.63) is 39.1 Å². The summed E-state index contributed by atoms with van der Waals surface area (Å²) in [5.41, 5.74) is 2.73. The SMILES string of the molecule is Cn1c(=O)oc2cc(-c3csc(CNS(C)(=O)=O)n3)ccc21. The number of thiazole rings is 1. The second-order valence-electron chi connectivity index (χ2n) is 4.83. The lowest BCUT2D eigenvalue weighted by atomic mass is 10.1. The van der Waals surface area contributed by atoms with Gasteiger partial charge in [0.1, 0.15) is 5.01 Å². The van der Waals surface area contributed by atoms with Gasteiger partial charge in [0.2, 0.25) is 10.0 Å². The summed E-state index contributed by atoms with van der Waals surface area (Å²) in [5, 5.41) is 2.50. The van der Waals surface area contributed by atoms with E-state index in [4.69, 9.17) is 4.42 Å². The Morgan fingerprint density at radius 2 is 2.18 bits per heavy atom. The van der Waals surface area contributed by atoms with Gasteiger partial charge in [-0.1, -0.05) is 6.07 Å². The molecule has 22 heavy (non-hydrogen) atoms. The van der Waals surface area contributed by atoms with E-state index >= 15 is 0 Å². The Hall–Kier alpha value is -1.97. The Balaban J connectivity index is 1.91. The largest absolute Gasteiger partial charge is 0.419 e. The van der Waals surface area contributed by atoms with Gasteiger partial charge in [0.25, 0.3) is 0 Å². The van der Waals surface area contributed by atoms with Crippen LogP contribution in [-0.4, -0.2) is 24.2 Å². The van der Waals surface area contributed by atoms with E-state index in [0.717, 1.165) is 11.8 Å². The maximum Gasteiger partial charge on any atom is 0.419 e. The van der Waals surface area contributed by atoms with E-state index in [1.54, 1.807) is 19.2 Å². The molecule has 0 amide bonds. The molecule has 3 rings (SSSR count). The van der Waals surface area contributed by atoms with Crippen LogP contribution in [0.4, 0.5) is 0 Å². The number of hydrogen-bond acceptors (Lipinski definition) is 6. The highest BCUT2D eigenvalue weighted by molar-refractivity contribution is 7.88. The number of hydrogen-bond donors (Lipinski definition) is 1. The van der Waals surface area contributed by atoms with Gasteiger partial charge in [-0.2, -0.15) is 0 Å². The zero-order valence-corrected chi connectivity index (χ0v) is 13.5. The molecular weight excluding hydrogens is 326 g/mol. The summed E-state index contributed by atoms with van der Waals surface area (Å²) in [6, 6.07) is 5.39. The van der Waals surface area contributed by atoms with Crippen LogP contribution < -0.4 is 10.5 Å². The first kappa shape index (κ1) is 14.9. The summed E-state index contributed by atoms with van der Waals surface area (Å²) < 4.78 is 31.2. The predicted molar refractivity (Wildman–Crippen MR) is 84.2 cm³/mol. The minimum Gasteiger partial charge on any atom is -0.408 e. The number of oxazole rings is 1. The molecule has 0 aliphatic heterocycles. The molecule has 116 valence electrons. The number of rotatable bonds is 4. The zero-order valence-electron chi connectivity index (χ0n) is 11.9. The molecule has 0 aliphatic carbocycles. The molecule has 0 saturated carbocycles. The van der Waals surface area contributed by atoms with Gasteiger partial charge in [-0.25, -0.2) is 22.9 Å². The highest BCUT2D eigenvalue weighted by atomic mass is 32.2. The van der Waals surface area contributed by atoms with Crippen molar-refractivity contribution in [1.29, 1.82) is 0 Å². The monoisotopic (exact) mass is 339 g/mol. The molecule has 0 aliphatic rings. The summed E-state index contributed by atoms with van der Waals surface area (Å²) in [6.45, 7) is 0.159. The topological polar surface area (TPSA) is 94.2 Å². The smallest absolute Gasteiger partial charge is 0.408 e.